The van der Waals surface area contributed by atoms with E-state index in [1.807, 2.05) is 6.92 Å². The van der Waals surface area contributed by atoms with Gasteiger partial charge in [0.1, 0.15) is 0 Å². The van der Waals surface area contributed by atoms with E-state index in [1.165, 1.54) is 0 Å². The predicted octanol–water partition coefficient (Wildman–Crippen LogP) is 1.63. The first kappa shape index (κ1) is 13.0. The number of unbranched alkanes of at least 4 members (excludes halogenated alkanes) is 2. The van der Waals surface area contributed by atoms with Gasteiger partial charge in [-0.1, -0.05) is 6.42 Å². The van der Waals surface area contributed by atoms with Crippen LogP contribution in [0, 0.1) is 11.8 Å². The van der Waals surface area contributed by atoms with Crippen molar-refractivity contribution in [3.63, 3.8) is 0 Å². The Morgan fingerprint density at radius 3 is 2.71 bits per heavy atom. The first-order valence-electron chi connectivity index (χ1n) is 5.09. The van der Waals surface area contributed by atoms with Crippen LogP contribution >= 0.6 is 0 Å². The Kier molecular flexibility index (Phi) is 9.35. The molecule has 0 amide bonds. The molecule has 0 saturated carbocycles. The van der Waals surface area contributed by atoms with Gasteiger partial charge in [-0.3, -0.25) is 4.79 Å². The van der Waals surface area contributed by atoms with Crippen molar-refractivity contribution in [2.45, 2.75) is 39.0 Å². The van der Waals surface area contributed by atoms with Crippen LogP contribution in [0.1, 0.15) is 39.0 Å². The second-order valence-corrected chi connectivity index (χ2v) is 3.13. The maximum atomic E-state index is 10.2. The Morgan fingerprint density at radius 1 is 1.29 bits per heavy atom. The van der Waals surface area contributed by atoms with Crippen molar-refractivity contribution in [3.8, 4) is 11.8 Å². The minimum Gasteiger partial charge on any atom is -0.481 e. The van der Waals surface area contributed by atoms with E-state index in [2.05, 4.69) is 17.2 Å². The molecule has 3 nitrogen and oxygen atoms in total. The molecule has 0 aromatic carbocycles. The second-order valence-electron chi connectivity index (χ2n) is 3.13. The molecule has 0 heterocycles. The van der Waals surface area contributed by atoms with Gasteiger partial charge < -0.3 is 10.4 Å². The Morgan fingerprint density at radius 2 is 2.07 bits per heavy atom. The summed E-state index contributed by atoms with van der Waals surface area (Å²) in [5.74, 6) is 5.11. The lowest BCUT2D eigenvalue weighted by Gasteiger charge is -2.01. The summed E-state index contributed by atoms with van der Waals surface area (Å²) in [6.07, 6.45) is 4.00. The lowest BCUT2D eigenvalue weighted by atomic mass is 10.2. The summed E-state index contributed by atoms with van der Waals surface area (Å²) in [6.45, 7) is 3.73. The third-order valence-electron chi connectivity index (χ3n) is 1.85. The van der Waals surface area contributed by atoms with E-state index < -0.39 is 5.97 Å². The number of hydrogen-bond donors (Lipinski definition) is 2. The van der Waals surface area contributed by atoms with Crippen LogP contribution in [0.25, 0.3) is 0 Å². The van der Waals surface area contributed by atoms with Gasteiger partial charge in [-0.15, -0.1) is 11.8 Å². The van der Waals surface area contributed by atoms with Crippen LogP contribution in [0.15, 0.2) is 0 Å². The van der Waals surface area contributed by atoms with E-state index in [-0.39, 0.29) is 0 Å². The maximum absolute atomic E-state index is 10.2. The average molecular weight is 197 g/mol. The Hall–Kier alpha value is -1.01. The van der Waals surface area contributed by atoms with Crippen LogP contribution in [-0.2, 0) is 4.79 Å². The van der Waals surface area contributed by atoms with Crippen molar-refractivity contribution in [2.24, 2.45) is 0 Å². The summed E-state index contributed by atoms with van der Waals surface area (Å²) in [4.78, 5) is 10.2. The summed E-state index contributed by atoms with van der Waals surface area (Å²) < 4.78 is 0. The summed E-state index contributed by atoms with van der Waals surface area (Å²) in [5.41, 5.74) is 0. The Labute approximate surface area is 85.9 Å². The van der Waals surface area contributed by atoms with Crippen molar-refractivity contribution >= 4 is 5.97 Å². The fourth-order valence-electron chi connectivity index (χ4n) is 1.10. The standard InChI is InChI=1S/C11H19NO2/c1-2-3-6-9-12-10-7-4-5-8-11(13)14/h12H,4-10H2,1H3,(H,13,14). The van der Waals surface area contributed by atoms with E-state index in [9.17, 15) is 4.79 Å². The largest absolute Gasteiger partial charge is 0.481 e. The molecule has 0 aromatic rings. The Balaban J connectivity index is 2.98. The molecule has 0 saturated heterocycles. The molecule has 0 radical (unpaired) electrons. The number of carboxylic acid groups (broad SMARTS) is 1. The highest BCUT2D eigenvalue weighted by atomic mass is 16.4. The third kappa shape index (κ3) is 11.0. The summed E-state index contributed by atoms with van der Waals surface area (Å²) >= 11 is 0. The summed E-state index contributed by atoms with van der Waals surface area (Å²) in [5, 5.41) is 11.6. The zero-order valence-electron chi connectivity index (χ0n) is 8.81. The van der Waals surface area contributed by atoms with Crippen LogP contribution < -0.4 is 5.32 Å². The van der Waals surface area contributed by atoms with E-state index in [0.717, 1.165) is 38.8 Å². The lowest BCUT2D eigenvalue weighted by Crippen LogP contribution is -2.16. The van der Waals surface area contributed by atoms with Crippen LogP contribution in [0.3, 0.4) is 0 Å². The fraction of sp³-hybridized carbons (Fsp3) is 0.727. The molecule has 14 heavy (non-hydrogen) atoms. The molecule has 0 aliphatic carbocycles. The smallest absolute Gasteiger partial charge is 0.303 e. The summed E-state index contributed by atoms with van der Waals surface area (Å²) in [6, 6.07) is 0. The zero-order chi connectivity index (χ0) is 10.6. The molecule has 0 atom stereocenters. The predicted molar refractivity (Wildman–Crippen MR) is 57.0 cm³/mol. The van der Waals surface area contributed by atoms with Crippen LogP contribution in [0.2, 0.25) is 0 Å². The molecule has 0 unspecified atom stereocenters. The van der Waals surface area contributed by atoms with Gasteiger partial charge in [0.25, 0.3) is 0 Å². The number of rotatable bonds is 8. The highest BCUT2D eigenvalue weighted by Gasteiger charge is 1.95. The normalized spacial score (nSPS) is 9.21. The highest BCUT2D eigenvalue weighted by molar-refractivity contribution is 5.66. The molecule has 0 aliphatic rings. The van der Waals surface area contributed by atoms with Gasteiger partial charge in [0.15, 0.2) is 0 Å². The van der Waals surface area contributed by atoms with Gasteiger partial charge in [-0.2, -0.15) is 0 Å². The third-order valence-corrected chi connectivity index (χ3v) is 1.85. The van der Waals surface area contributed by atoms with Crippen LogP contribution in [0.5, 0.6) is 0 Å². The van der Waals surface area contributed by atoms with E-state index in [4.69, 9.17) is 5.11 Å². The molecule has 0 rings (SSSR count). The Bertz CT molecular complexity index is 203. The number of aliphatic carboxylic acids is 1. The minimum atomic E-state index is -0.698. The van der Waals surface area contributed by atoms with Crippen molar-refractivity contribution < 1.29 is 9.90 Å². The van der Waals surface area contributed by atoms with Gasteiger partial charge in [-0.25, -0.2) is 0 Å². The molecular weight excluding hydrogens is 178 g/mol. The zero-order valence-corrected chi connectivity index (χ0v) is 8.81. The van der Waals surface area contributed by atoms with E-state index >= 15 is 0 Å². The van der Waals surface area contributed by atoms with Gasteiger partial charge >= 0.3 is 5.97 Å². The monoisotopic (exact) mass is 197 g/mol. The molecule has 0 bridgehead atoms. The first-order chi connectivity index (χ1) is 6.77. The lowest BCUT2D eigenvalue weighted by molar-refractivity contribution is -0.137. The van der Waals surface area contributed by atoms with Crippen molar-refractivity contribution in [1.29, 1.82) is 0 Å². The molecule has 0 aromatic heterocycles. The molecule has 3 heteroatoms. The van der Waals surface area contributed by atoms with Crippen molar-refractivity contribution in [3.05, 3.63) is 0 Å². The summed E-state index contributed by atoms with van der Waals surface area (Å²) in [7, 11) is 0. The first-order valence-corrected chi connectivity index (χ1v) is 5.09. The maximum Gasteiger partial charge on any atom is 0.303 e. The molecule has 0 spiro atoms. The topological polar surface area (TPSA) is 49.3 Å². The van der Waals surface area contributed by atoms with Crippen molar-refractivity contribution in [2.75, 3.05) is 13.1 Å². The quantitative estimate of drug-likeness (QED) is 0.459. The minimum absolute atomic E-state index is 0.293. The molecule has 80 valence electrons. The van der Waals surface area contributed by atoms with E-state index in [0.29, 0.717) is 6.42 Å². The fourth-order valence-corrected chi connectivity index (χ4v) is 1.10. The van der Waals surface area contributed by atoms with E-state index in [1.54, 1.807) is 0 Å². The molecule has 0 aliphatic heterocycles. The SMILES string of the molecule is CC#CCCNCCCCCC(=O)O. The van der Waals surface area contributed by atoms with Gasteiger partial charge in [0.05, 0.1) is 0 Å². The number of carboxylic acids is 1. The number of hydrogen-bond acceptors (Lipinski definition) is 2. The van der Waals surface area contributed by atoms with Gasteiger partial charge in [0.2, 0.25) is 0 Å². The van der Waals surface area contributed by atoms with Crippen molar-refractivity contribution in [1.82, 2.24) is 5.32 Å². The number of carbonyl (C=O) groups is 1. The van der Waals surface area contributed by atoms with Gasteiger partial charge in [0, 0.05) is 19.4 Å². The molecule has 2 N–H and O–H groups in total. The second kappa shape index (κ2) is 10.1. The average Bonchev–Trinajstić information content (AvgIpc) is 2.15. The van der Waals surface area contributed by atoms with Crippen LogP contribution in [-0.4, -0.2) is 24.2 Å². The van der Waals surface area contributed by atoms with Crippen LogP contribution in [0.4, 0.5) is 0 Å². The highest BCUT2D eigenvalue weighted by Crippen LogP contribution is 1.98. The number of nitrogens with one attached hydrogen (secondary N) is 1. The molecular formula is C11H19NO2. The van der Waals surface area contributed by atoms with Gasteiger partial charge in [-0.05, 0) is 26.3 Å². The molecule has 0 fully saturated rings.